The van der Waals surface area contributed by atoms with Crippen molar-refractivity contribution in [2.45, 2.75) is 12.7 Å². The molecule has 0 aliphatic rings. The third-order valence-corrected chi connectivity index (χ3v) is 3.73. The van der Waals surface area contributed by atoms with Crippen LogP contribution in [-0.4, -0.2) is 30.3 Å². The highest BCUT2D eigenvalue weighted by atomic mass is 19.4. The fraction of sp³-hybridized carbons (Fsp3) is 0.222. The lowest BCUT2D eigenvalue weighted by molar-refractivity contribution is -0.139. The summed E-state index contributed by atoms with van der Waals surface area (Å²) >= 11 is 0. The molecule has 0 radical (unpaired) electrons. The molecule has 0 aromatic heterocycles. The van der Waals surface area contributed by atoms with Crippen LogP contribution in [0.2, 0.25) is 0 Å². The van der Waals surface area contributed by atoms with Crippen LogP contribution >= 0.6 is 0 Å². The van der Waals surface area contributed by atoms with Crippen molar-refractivity contribution in [1.29, 1.82) is 0 Å². The van der Waals surface area contributed by atoms with Crippen molar-refractivity contribution in [3.8, 4) is 0 Å². The van der Waals surface area contributed by atoms with Gasteiger partial charge < -0.3 is 10.2 Å². The Balaban J connectivity index is 2.00. The predicted octanol–water partition coefficient (Wildman–Crippen LogP) is 3.37. The summed E-state index contributed by atoms with van der Waals surface area (Å²) in [6.07, 6.45) is -4.56. The molecule has 144 valence electrons. The molecule has 0 aliphatic carbocycles. The number of hydrogen-bond donors (Lipinski definition) is 1. The molecule has 27 heavy (non-hydrogen) atoms. The molecule has 2 rings (SSSR count). The van der Waals surface area contributed by atoms with Crippen molar-refractivity contribution in [2.75, 3.05) is 13.6 Å². The first-order valence-corrected chi connectivity index (χ1v) is 7.72. The van der Waals surface area contributed by atoms with Crippen LogP contribution in [0.25, 0.3) is 0 Å². The largest absolute Gasteiger partial charge is 0.416 e. The number of carbonyl (C=O) groups is 2. The molecule has 4 nitrogen and oxygen atoms in total. The zero-order valence-corrected chi connectivity index (χ0v) is 14.1. The van der Waals surface area contributed by atoms with Crippen LogP contribution in [0.3, 0.4) is 0 Å². The summed E-state index contributed by atoms with van der Waals surface area (Å²) in [5.41, 5.74) is -1.41. The van der Waals surface area contributed by atoms with Crippen molar-refractivity contribution in [2.24, 2.45) is 0 Å². The Bertz CT molecular complexity index is 852. The topological polar surface area (TPSA) is 49.4 Å². The van der Waals surface area contributed by atoms with Gasteiger partial charge in [-0.25, -0.2) is 8.78 Å². The van der Waals surface area contributed by atoms with Crippen molar-refractivity contribution in [3.05, 3.63) is 70.8 Å². The normalized spacial score (nSPS) is 11.2. The van der Waals surface area contributed by atoms with Crippen molar-refractivity contribution < 1.29 is 31.5 Å². The minimum atomic E-state index is -4.56. The van der Waals surface area contributed by atoms with Crippen molar-refractivity contribution in [3.63, 3.8) is 0 Å². The Kier molecular flexibility index (Phi) is 6.14. The van der Waals surface area contributed by atoms with Gasteiger partial charge in [-0.1, -0.05) is 18.2 Å². The lowest BCUT2D eigenvalue weighted by atomic mass is 10.1. The Morgan fingerprint density at radius 2 is 1.74 bits per heavy atom. The number of alkyl halides is 3. The molecule has 9 heteroatoms. The number of nitrogens with zero attached hydrogens (tertiary/aromatic N) is 1. The molecule has 0 aliphatic heterocycles. The summed E-state index contributed by atoms with van der Waals surface area (Å²) in [6, 6.07) is 7.16. The number of amides is 2. The van der Waals surface area contributed by atoms with Gasteiger partial charge in [-0.15, -0.1) is 0 Å². The minimum Gasteiger partial charge on any atom is -0.343 e. The Labute approximate surface area is 151 Å². The summed E-state index contributed by atoms with van der Waals surface area (Å²) in [7, 11) is 1.28. The number of nitrogens with one attached hydrogen (secondary N) is 1. The SMILES string of the molecule is CN(Cc1ccccc1C(F)(F)F)C(=O)CNC(=O)c1ccc(F)cc1F. The maximum Gasteiger partial charge on any atom is 0.416 e. The van der Waals surface area contributed by atoms with E-state index in [4.69, 9.17) is 0 Å². The number of hydrogen-bond acceptors (Lipinski definition) is 2. The highest BCUT2D eigenvalue weighted by Gasteiger charge is 2.33. The summed E-state index contributed by atoms with van der Waals surface area (Å²) in [5.74, 6) is -3.57. The van der Waals surface area contributed by atoms with Gasteiger partial charge in [-0.2, -0.15) is 13.2 Å². The van der Waals surface area contributed by atoms with Crippen molar-refractivity contribution in [1.82, 2.24) is 10.2 Å². The fourth-order valence-corrected chi connectivity index (χ4v) is 2.34. The smallest absolute Gasteiger partial charge is 0.343 e. The summed E-state index contributed by atoms with van der Waals surface area (Å²) in [6.45, 7) is -0.879. The second kappa shape index (κ2) is 8.15. The fourth-order valence-electron chi connectivity index (χ4n) is 2.34. The molecule has 0 heterocycles. The van der Waals surface area contributed by atoms with E-state index in [1.807, 2.05) is 0 Å². The molecular formula is C18H15F5N2O2. The zero-order chi connectivity index (χ0) is 20.2. The third-order valence-electron chi connectivity index (χ3n) is 3.73. The van der Waals surface area contributed by atoms with Crippen LogP contribution in [0.15, 0.2) is 42.5 Å². The molecule has 0 spiro atoms. The molecule has 2 aromatic rings. The van der Waals surface area contributed by atoms with Crippen LogP contribution in [0.5, 0.6) is 0 Å². The van der Waals surface area contributed by atoms with Gasteiger partial charge in [0.25, 0.3) is 5.91 Å². The summed E-state index contributed by atoms with van der Waals surface area (Å²) in [4.78, 5) is 24.9. The molecule has 0 saturated heterocycles. The average molecular weight is 386 g/mol. The highest BCUT2D eigenvalue weighted by Crippen LogP contribution is 2.32. The molecule has 0 bridgehead atoms. The number of rotatable bonds is 5. The maximum absolute atomic E-state index is 13.5. The van der Waals surface area contributed by atoms with E-state index in [1.165, 1.54) is 25.2 Å². The van der Waals surface area contributed by atoms with Gasteiger partial charge in [0.15, 0.2) is 0 Å². The highest BCUT2D eigenvalue weighted by molar-refractivity contribution is 5.96. The molecule has 0 saturated carbocycles. The van der Waals surface area contributed by atoms with Gasteiger partial charge in [0.2, 0.25) is 5.91 Å². The maximum atomic E-state index is 13.5. The molecule has 0 atom stereocenters. The Morgan fingerprint density at radius 1 is 1.07 bits per heavy atom. The first-order valence-electron chi connectivity index (χ1n) is 7.72. The van der Waals surface area contributed by atoms with E-state index in [-0.39, 0.29) is 12.1 Å². The van der Waals surface area contributed by atoms with Crippen LogP contribution in [0.4, 0.5) is 22.0 Å². The monoisotopic (exact) mass is 386 g/mol. The van der Waals surface area contributed by atoms with Crippen molar-refractivity contribution >= 4 is 11.8 Å². The molecule has 0 unspecified atom stereocenters. The average Bonchev–Trinajstić information content (AvgIpc) is 2.58. The van der Waals surface area contributed by atoms with Crippen LogP contribution < -0.4 is 5.32 Å². The van der Waals surface area contributed by atoms with Gasteiger partial charge >= 0.3 is 6.18 Å². The van der Waals surface area contributed by atoms with E-state index in [9.17, 15) is 31.5 Å². The van der Waals surface area contributed by atoms with Crippen LogP contribution in [-0.2, 0) is 17.5 Å². The summed E-state index contributed by atoms with van der Waals surface area (Å²) < 4.78 is 65.3. The van der Waals surface area contributed by atoms with E-state index in [1.54, 1.807) is 0 Å². The van der Waals surface area contributed by atoms with Gasteiger partial charge in [-0.3, -0.25) is 9.59 Å². The zero-order valence-electron chi connectivity index (χ0n) is 14.1. The molecule has 0 fully saturated rings. The van der Waals surface area contributed by atoms with Gasteiger partial charge in [0, 0.05) is 19.7 Å². The van der Waals surface area contributed by atoms with Crippen LogP contribution in [0.1, 0.15) is 21.5 Å². The Hall–Kier alpha value is -2.97. The van der Waals surface area contributed by atoms with E-state index in [0.29, 0.717) is 6.07 Å². The lowest BCUT2D eigenvalue weighted by Gasteiger charge is -2.20. The summed E-state index contributed by atoms with van der Waals surface area (Å²) in [5, 5.41) is 2.16. The molecule has 2 amide bonds. The quantitative estimate of drug-likeness (QED) is 0.801. The molecule has 1 N–H and O–H groups in total. The second-order valence-electron chi connectivity index (χ2n) is 5.71. The number of likely N-dealkylation sites (N-methyl/N-ethyl adjacent to an activating group) is 1. The number of benzene rings is 2. The second-order valence-corrected chi connectivity index (χ2v) is 5.71. The standard InChI is InChI=1S/C18H15F5N2O2/c1-25(10-11-4-2-3-5-14(11)18(21,22)23)16(26)9-24-17(27)13-7-6-12(19)8-15(13)20/h2-8H,9-10H2,1H3,(H,24,27). The van der Waals surface area contributed by atoms with Gasteiger partial charge in [0.05, 0.1) is 17.7 Å². The third kappa shape index (κ3) is 5.25. The van der Waals surface area contributed by atoms with Crippen LogP contribution in [0, 0.1) is 11.6 Å². The first-order chi connectivity index (χ1) is 12.6. The molecular weight excluding hydrogens is 371 g/mol. The molecule has 2 aromatic carbocycles. The number of carbonyl (C=O) groups excluding carboxylic acids is 2. The van der Waals surface area contributed by atoms with E-state index in [0.717, 1.165) is 23.1 Å². The van der Waals surface area contributed by atoms with Gasteiger partial charge in [0.1, 0.15) is 11.6 Å². The first kappa shape index (κ1) is 20.3. The lowest BCUT2D eigenvalue weighted by Crippen LogP contribution is -2.38. The van der Waals surface area contributed by atoms with Gasteiger partial charge in [-0.05, 0) is 23.8 Å². The van der Waals surface area contributed by atoms with E-state index in [2.05, 4.69) is 5.32 Å². The minimum absolute atomic E-state index is 0.100. The Morgan fingerprint density at radius 3 is 2.37 bits per heavy atom. The van der Waals surface area contributed by atoms with E-state index < -0.39 is 47.3 Å². The predicted molar refractivity (Wildman–Crippen MR) is 86.6 cm³/mol. The number of halogens is 5. The van der Waals surface area contributed by atoms with E-state index >= 15 is 0 Å².